The van der Waals surface area contributed by atoms with E-state index in [4.69, 9.17) is 21.1 Å². The van der Waals surface area contributed by atoms with Crippen LogP contribution in [-0.2, 0) is 10.0 Å². The molecule has 9 heteroatoms. The molecule has 0 aliphatic heterocycles. The molecule has 0 aliphatic rings. The number of benzene rings is 2. The summed E-state index contributed by atoms with van der Waals surface area (Å²) in [6.07, 6.45) is 1.91. The number of hydrogen-bond donors (Lipinski definition) is 2. The number of para-hydroxylation sites is 2. The lowest BCUT2D eigenvalue weighted by Gasteiger charge is -2.21. The molecule has 0 fully saturated rings. The van der Waals surface area contributed by atoms with E-state index < -0.39 is 10.0 Å². The molecule has 0 spiro atoms. The van der Waals surface area contributed by atoms with E-state index in [2.05, 4.69) is 9.71 Å². The Balaban J connectivity index is 1.79. The van der Waals surface area contributed by atoms with E-state index in [0.717, 1.165) is 33.4 Å². The van der Waals surface area contributed by atoms with Crippen LogP contribution in [0.1, 0.15) is 17.0 Å². The Bertz CT molecular complexity index is 1310. The van der Waals surface area contributed by atoms with E-state index in [0.29, 0.717) is 15.8 Å². The molecule has 2 heterocycles. The van der Waals surface area contributed by atoms with Crippen LogP contribution in [0.2, 0.25) is 4.34 Å². The van der Waals surface area contributed by atoms with Gasteiger partial charge in [-0.3, -0.25) is 0 Å². The minimum absolute atomic E-state index is 0.128. The quantitative estimate of drug-likeness (QED) is 0.374. The summed E-state index contributed by atoms with van der Waals surface area (Å²) in [6, 6.07) is 16.6. The molecule has 31 heavy (non-hydrogen) atoms. The van der Waals surface area contributed by atoms with E-state index in [1.807, 2.05) is 48.7 Å². The van der Waals surface area contributed by atoms with E-state index in [1.54, 1.807) is 20.3 Å². The second-order valence-corrected chi connectivity index (χ2v) is 10.5. The van der Waals surface area contributed by atoms with Gasteiger partial charge < -0.3 is 14.5 Å². The van der Waals surface area contributed by atoms with Gasteiger partial charge in [-0.25, -0.2) is 13.1 Å². The Morgan fingerprint density at radius 2 is 1.84 bits per heavy atom. The number of methoxy groups -OCH3 is 2. The standard InChI is InChI=1S/C22H21ClN2O4S2/c1-28-19-9-5-7-15(22(19)29-2)17(16-12-24-18-8-4-3-6-14(16)18)13-25-31(26,27)21-11-10-20(23)30-21/h3-12,17,24-25H,13H2,1-2H3. The highest BCUT2D eigenvalue weighted by Crippen LogP contribution is 2.40. The van der Waals surface area contributed by atoms with Crippen LogP contribution >= 0.6 is 22.9 Å². The number of ether oxygens (including phenoxy) is 2. The summed E-state index contributed by atoms with van der Waals surface area (Å²) in [5.41, 5.74) is 2.74. The predicted molar refractivity (Wildman–Crippen MR) is 124 cm³/mol. The summed E-state index contributed by atoms with van der Waals surface area (Å²) >= 11 is 6.96. The lowest BCUT2D eigenvalue weighted by atomic mass is 9.90. The molecule has 0 saturated heterocycles. The SMILES string of the molecule is COc1cccc(C(CNS(=O)(=O)c2ccc(Cl)s2)c2c[nH]c3ccccc23)c1OC. The van der Waals surface area contributed by atoms with E-state index in [-0.39, 0.29) is 16.7 Å². The maximum Gasteiger partial charge on any atom is 0.250 e. The van der Waals surface area contributed by atoms with Gasteiger partial charge in [0.25, 0.3) is 0 Å². The molecule has 1 atom stereocenters. The fraction of sp³-hybridized carbons (Fsp3) is 0.182. The summed E-state index contributed by atoms with van der Waals surface area (Å²) in [7, 11) is -0.570. The zero-order valence-electron chi connectivity index (χ0n) is 16.9. The van der Waals surface area contributed by atoms with Gasteiger partial charge in [0.05, 0.1) is 18.6 Å². The molecule has 162 valence electrons. The molecule has 1 unspecified atom stereocenters. The monoisotopic (exact) mass is 476 g/mol. The summed E-state index contributed by atoms with van der Waals surface area (Å²) < 4.78 is 40.2. The van der Waals surface area contributed by atoms with Gasteiger partial charge in [0.1, 0.15) is 4.21 Å². The summed E-state index contributed by atoms with van der Waals surface area (Å²) in [4.78, 5) is 3.27. The average Bonchev–Trinajstić information content (AvgIpc) is 3.41. The highest BCUT2D eigenvalue weighted by atomic mass is 35.5. The van der Waals surface area contributed by atoms with Gasteiger partial charge in [0, 0.05) is 35.1 Å². The number of nitrogens with one attached hydrogen (secondary N) is 2. The molecule has 0 saturated carbocycles. The molecule has 4 aromatic rings. The number of fused-ring (bicyclic) bond motifs is 1. The van der Waals surface area contributed by atoms with Crippen molar-refractivity contribution in [2.24, 2.45) is 0 Å². The van der Waals surface area contributed by atoms with Crippen molar-refractivity contribution in [3.05, 3.63) is 76.3 Å². The van der Waals surface area contributed by atoms with Crippen molar-refractivity contribution >= 4 is 43.9 Å². The first-order valence-electron chi connectivity index (χ1n) is 9.46. The Labute approximate surface area is 189 Å². The number of aromatic nitrogens is 1. The Kier molecular flexibility index (Phi) is 6.24. The fourth-order valence-electron chi connectivity index (χ4n) is 3.66. The third kappa shape index (κ3) is 4.29. The molecular formula is C22H21ClN2O4S2. The highest BCUT2D eigenvalue weighted by molar-refractivity contribution is 7.91. The number of aromatic amines is 1. The minimum Gasteiger partial charge on any atom is -0.493 e. The van der Waals surface area contributed by atoms with Crippen LogP contribution < -0.4 is 14.2 Å². The normalized spacial score (nSPS) is 12.7. The molecule has 6 nitrogen and oxygen atoms in total. The summed E-state index contributed by atoms with van der Waals surface area (Å²) in [5, 5.41) is 1.01. The van der Waals surface area contributed by atoms with Gasteiger partial charge in [-0.2, -0.15) is 0 Å². The zero-order chi connectivity index (χ0) is 22.0. The van der Waals surface area contributed by atoms with Crippen LogP contribution in [-0.4, -0.2) is 34.2 Å². The van der Waals surface area contributed by atoms with Gasteiger partial charge in [0.15, 0.2) is 11.5 Å². The van der Waals surface area contributed by atoms with Gasteiger partial charge in [-0.05, 0) is 29.8 Å². The van der Waals surface area contributed by atoms with Crippen molar-refractivity contribution in [3.63, 3.8) is 0 Å². The molecule has 2 aromatic heterocycles. The molecule has 2 N–H and O–H groups in total. The van der Waals surface area contributed by atoms with Crippen LogP contribution in [0.3, 0.4) is 0 Å². The van der Waals surface area contributed by atoms with Crippen LogP contribution in [0.25, 0.3) is 10.9 Å². The number of rotatable bonds is 8. The van der Waals surface area contributed by atoms with Crippen molar-refractivity contribution in [2.45, 2.75) is 10.1 Å². The summed E-state index contributed by atoms with van der Waals surface area (Å²) in [6.45, 7) is 0.128. The predicted octanol–water partition coefficient (Wildman–Crippen LogP) is 5.01. The van der Waals surface area contributed by atoms with Crippen LogP contribution in [0.5, 0.6) is 11.5 Å². The lowest BCUT2D eigenvalue weighted by molar-refractivity contribution is 0.350. The molecule has 0 amide bonds. The van der Waals surface area contributed by atoms with E-state index in [1.165, 1.54) is 6.07 Å². The summed E-state index contributed by atoms with van der Waals surface area (Å²) in [5.74, 6) is 0.822. The zero-order valence-corrected chi connectivity index (χ0v) is 19.3. The Hall–Kier alpha value is -2.52. The number of halogens is 1. The first kappa shape index (κ1) is 21.7. The molecule has 0 bridgehead atoms. The van der Waals surface area contributed by atoms with Crippen molar-refractivity contribution in [1.29, 1.82) is 0 Å². The van der Waals surface area contributed by atoms with E-state index in [9.17, 15) is 8.42 Å². The Morgan fingerprint density at radius 1 is 1.03 bits per heavy atom. The molecule has 0 radical (unpaired) electrons. The van der Waals surface area contributed by atoms with Crippen molar-refractivity contribution in [1.82, 2.24) is 9.71 Å². The molecule has 0 aliphatic carbocycles. The lowest BCUT2D eigenvalue weighted by Crippen LogP contribution is -2.28. The molecule has 2 aromatic carbocycles. The van der Waals surface area contributed by atoms with Gasteiger partial charge >= 0.3 is 0 Å². The van der Waals surface area contributed by atoms with Gasteiger partial charge in [0.2, 0.25) is 10.0 Å². The first-order valence-corrected chi connectivity index (χ1v) is 12.1. The maximum absolute atomic E-state index is 12.9. The van der Waals surface area contributed by atoms with Crippen LogP contribution in [0.4, 0.5) is 0 Å². The second-order valence-electron chi connectivity index (χ2n) is 6.84. The second kappa shape index (κ2) is 8.92. The topological polar surface area (TPSA) is 80.4 Å². The number of hydrogen-bond acceptors (Lipinski definition) is 5. The maximum atomic E-state index is 12.9. The van der Waals surface area contributed by atoms with Crippen LogP contribution in [0.15, 0.2) is 65.0 Å². The van der Waals surface area contributed by atoms with E-state index >= 15 is 0 Å². The van der Waals surface area contributed by atoms with Gasteiger partial charge in [-0.1, -0.05) is 41.9 Å². The number of H-pyrrole nitrogens is 1. The fourth-order valence-corrected chi connectivity index (χ4v) is 6.24. The number of sulfonamides is 1. The van der Waals surface area contributed by atoms with Crippen molar-refractivity contribution in [3.8, 4) is 11.5 Å². The third-order valence-electron chi connectivity index (χ3n) is 5.10. The number of thiophene rings is 1. The van der Waals surface area contributed by atoms with Gasteiger partial charge in [-0.15, -0.1) is 11.3 Å². The van der Waals surface area contributed by atoms with Crippen LogP contribution in [0, 0.1) is 0 Å². The smallest absolute Gasteiger partial charge is 0.250 e. The first-order chi connectivity index (χ1) is 14.9. The highest BCUT2D eigenvalue weighted by Gasteiger charge is 2.26. The van der Waals surface area contributed by atoms with Crippen molar-refractivity contribution < 1.29 is 17.9 Å². The Morgan fingerprint density at radius 3 is 2.55 bits per heavy atom. The average molecular weight is 477 g/mol. The van der Waals surface area contributed by atoms with Crippen molar-refractivity contribution in [2.75, 3.05) is 20.8 Å². The third-order valence-corrected chi connectivity index (χ3v) is 8.24. The molecule has 4 rings (SSSR count). The largest absolute Gasteiger partial charge is 0.493 e. The minimum atomic E-state index is -3.72. The molecular weight excluding hydrogens is 456 g/mol.